The molecule has 4 amide bonds. The summed E-state index contributed by atoms with van der Waals surface area (Å²) in [6.07, 6.45) is 0. The molecule has 9 nitrogen and oxygen atoms in total. The van der Waals surface area contributed by atoms with Crippen molar-refractivity contribution in [3.05, 3.63) is 70.8 Å². The maximum absolute atomic E-state index is 12.3. The highest BCUT2D eigenvalue weighted by Crippen LogP contribution is 2.07. The van der Waals surface area contributed by atoms with Crippen LogP contribution >= 0.6 is 0 Å². The minimum Gasteiger partial charge on any atom is -0.351 e. The van der Waals surface area contributed by atoms with Gasteiger partial charge in [-0.15, -0.1) is 0 Å². The summed E-state index contributed by atoms with van der Waals surface area (Å²) < 4.78 is 0. The van der Waals surface area contributed by atoms with Crippen LogP contribution in [0, 0.1) is 0 Å². The zero-order valence-electron chi connectivity index (χ0n) is 20.5. The Morgan fingerprint density at radius 3 is 1.44 bits per heavy atom. The standard InChI is InChI=1S/C25H36N6O3/c1-30(2)13-11-26-23(32)21-9-5-7-19(15-21)17-28-25(34)29-18-20-8-6-10-22(16-20)24(33)27-12-14-31(3)4/h5-10,15-16H,11-14,17-18H2,1-4H3,(H,26,32)(H,27,33)(H2,28,29,34). The molecule has 0 atom stereocenters. The first-order valence-electron chi connectivity index (χ1n) is 11.3. The zero-order chi connectivity index (χ0) is 24.9. The highest BCUT2D eigenvalue weighted by Gasteiger charge is 2.09. The molecule has 0 heterocycles. The van der Waals surface area contributed by atoms with Gasteiger partial charge >= 0.3 is 6.03 Å². The van der Waals surface area contributed by atoms with E-state index in [2.05, 4.69) is 21.3 Å². The average molecular weight is 469 g/mol. The van der Waals surface area contributed by atoms with Gasteiger partial charge in [0.25, 0.3) is 11.8 Å². The summed E-state index contributed by atoms with van der Waals surface area (Å²) in [7, 11) is 7.80. The number of carbonyl (C=O) groups is 3. The molecule has 0 bridgehead atoms. The van der Waals surface area contributed by atoms with Gasteiger partial charge in [0.1, 0.15) is 0 Å². The summed E-state index contributed by atoms with van der Waals surface area (Å²) in [5, 5.41) is 11.4. The first-order valence-corrected chi connectivity index (χ1v) is 11.3. The molecule has 0 unspecified atom stereocenters. The van der Waals surface area contributed by atoms with Crippen molar-refractivity contribution in [3.63, 3.8) is 0 Å². The van der Waals surface area contributed by atoms with Gasteiger partial charge in [0.2, 0.25) is 0 Å². The smallest absolute Gasteiger partial charge is 0.315 e. The number of rotatable bonds is 12. The molecule has 0 radical (unpaired) electrons. The molecule has 2 aromatic carbocycles. The second kappa shape index (κ2) is 14.0. The summed E-state index contributed by atoms with van der Waals surface area (Å²) in [5.41, 5.74) is 2.76. The number of amides is 4. The summed E-state index contributed by atoms with van der Waals surface area (Å²) in [4.78, 5) is 40.8. The predicted octanol–water partition coefficient (Wildman–Crippen LogP) is 1.27. The third-order valence-electron chi connectivity index (χ3n) is 4.97. The average Bonchev–Trinajstić information content (AvgIpc) is 2.81. The van der Waals surface area contributed by atoms with E-state index >= 15 is 0 Å². The van der Waals surface area contributed by atoms with Gasteiger partial charge in [-0.2, -0.15) is 0 Å². The Labute approximate surface area is 201 Å². The van der Waals surface area contributed by atoms with Crippen LogP contribution in [-0.2, 0) is 13.1 Å². The molecule has 2 aromatic rings. The number of urea groups is 1. The number of hydrogen-bond donors (Lipinski definition) is 4. The van der Waals surface area contributed by atoms with Crippen molar-refractivity contribution in [2.45, 2.75) is 13.1 Å². The molecule has 0 aliphatic carbocycles. The van der Waals surface area contributed by atoms with E-state index < -0.39 is 0 Å². The fourth-order valence-electron chi connectivity index (χ4n) is 3.06. The largest absolute Gasteiger partial charge is 0.351 e. The minimum atomic E-state index is -0.332. The van der Waals surface area contributed by atoms with Crippen LogP contribution in [0.25, 0.3) is 0 Å². The van der Waals surface area contributed by atoms with Gasteiger partial charge in [-0.25, -0.2) is 4.79 Å². The van der Waals surface area contributed by atoms with Crippen LogP contribution in [0.15, 0.2) is 48.5 Å². The quantitative estimate of drug-likeness (QED) is 0.375. The van der Waals surface area contributed by atoms with E-state index in [4.69, 9.17) is 0 Å². The third-order valence-corrected chi connectivity index (χ3v) is 4.97. The maximum Gasteiger partial charge on any atom is 0.315 e. The lowest BCUT2D eigenvalue weighted by molar-refractivity contribution is 0.0942. The van der Waals surface area contributed by atoms with Crippen molar-refractivity contribution >= 4 is 17.8 Å². The molecule has 184 valence electrons. The van der Waals surface area contributed by atoms with Gasteiger partial charge in [0.05, 0.1) is 0 Å². The lowest BCUT2D eigenvalue weighted by Gasteiger charge is -2.12. The number of nitrogens with one attached hydrogen (secondary N) is 4. The number of nitrogens with zero attached hydrogens (tertiary/aromatic N) is 2. The van der Waals surface area contributed by atoms with Crippen LogP contribution in [-0.4, -0.2) is 82.0 Å². The highest BCUT2D eigenvalue weighted by molar-refractivity contribution is 5.94. The maximum atomic E-state index is 12.3. The lowest BCUT2D eigenvalue weighted by Crippen LogP contribution is -2.35. The van der Waals surface area contributed by atoms with Crippen molar-refractivity contribution in [1.82, 2.24) is 31.1 Å². The SMILES string of the molecule is CN(C)CCNC(=O)c1cccc(CNC(=O)NCc2cccc(C(=O)NCCN(C)C)c2)c1. The first kappa shape index (κ1) is 26.8. The van der Waals surface area contributed by atoms with Gasteiger partial charge in [0.15, 0.2) is 0 Å². The van der Waals surface area contributed by atoms with E-state index in [1.165, 1.54) is 0 Å². The molecule has 0 saturated heterocycles. The van der Waals surface area contributed by atoms with E-state index in [1.807, 2.05) is 50.1 Å². The first-order chi connectivity index (χ1) is 16.2. The molecule has 0 aromatic heterocycles. The number of hydrogen-bond acceptors (Lipinski definition) is 5. The van der Waals surface area contributed by atoms with E-state index in [0.29, 0.717) is 37.3 Å². The molecular weight excluding hydrogens is 432 g/mol. The van der Waals surface area contributed by atoms with Crippen LogP contribution in [0.2, 0.25) is 0 Å². The van der Waals surface area contributed by atoms with Gasteiger partial charge in [-0.3, -0.25) is 9.59 Å². The van der Waals surface area contributed by atoms with E-state index in [1.54, 1.807) is 36.4 Å². The van der Waals surface area contributed by atoms with Crippen molar-refractivity contribution in [3.8, 4) is 0 Å². The Morgan fingerprint density at radius 2 is 1.06 bits per heavy atom. The second-order valence-corrected chi connectivity index (χ2v) is 8.56. The number of carbonyl (C=O) groups excluding carboxylic acids is 3. The Morgan fingerprint density at radius 1 is 0.647 bits per heavy atom. The fraction of sp³-hybridized carbons (Fsp3) is 0.400. The van der Waals surface area contributed by atoms with Crippen molar-refractivity contribution < 1.29 is 14.4 Å². The molecule has 0 aliphatic rings. The van der Waals surface area contributed by atoms with E-state index in [0.717, 1.165) is 24.2 Å². The predicted molar refractivity (Wildman–Crippen MR) is 134 cm³/mol. The van der Waals surface area contributed by atoms with Crippen LogP contribution in [0.1, 0.15) is 31.8 Å². The molecule has 4 N–H and O–H groups in total. The highest BCUT2D eigenvalue weighted by atomic mass is 16.2. The third kappa shape index (κ3) is 10.0. The van der Waals surface area contributed by atoms with Crippen molar-refractivity contribution in [1.29, 1.82) is 0 Å². The molecule has 2 rings (SSSR count). The Bertz CT molecular complexity index is 886. The summed E-state index contributed by atoms with van der Waals surface area (Å²) >= 11 is 0. The van der Waals surface area contributed by atoms with E-state index in [-0.39, 0.29) is 17.8 Å². The molecule has 0 aliphatic heterocycles. The monoisotopic (exact) mass is 468 g/mol. The number of likely N-dealkylation sites (N-methyl/N-ethyl adjacent to an activating group) is 2. The van der Waals surface area contributed by atoms with Gasteiger partial charge < -0.3 is 31.1 Å². The Hall–Kier alpha value is -3.43. The van der Waals surface area contributed by atoms with Crippen LogP contribution in [0.4, 0.5) is 4.79 Å². The van der Waals surface area contributed by atoms with Crippen LogP contribution in [0.5, 0.6) is 0 Å². The normalized spacial score (nSPS) is 10.8. The van der Waals surface area contributed by atoms with Crippen molar-refractivity contribution in [2.75, 3.05) is 54.4 Å². The van der Waals surface area contributed by atoms with Crippen LogP contribution < -0.4 is 21.3 Å². The molecule has 0 spiro atoms. The Balaban J connectivity index is 1.79. The minimum absolute atomic E-state index is 0.140. The van der Waals surface area contributed by atoms with E-state index in [9.17, 15) is 14.4 Å². The molecular formula is C25H36N6O3. The van der Waals surface area contributed by atoms with Gasteiger partial charge in [-0.05, 0) is 63.6 Å². The summed E-state index contributed by atoms with van der Waals surface area (Å²) in [5.74, 6) is -0.280. The summed E-state index contributed by atoms with van der Waals surface area (Å²) in [6.45, 7) is 3.23. The lowest BCUT2D eigenvalue weighted by atomic mass is 10.1. The topological polar surface area (TPSA) is 106 Å². The molecule has 9 heteroatoms. The van der Waals surface area contributed by atoms with Crippen LogP contribution in [0.3, 0.4) is 0 Å². The van der Waals surface area contributed by atoms with Crippen molar-refractivity contribution in [2.24, 2.45) is 0 Å². The zero-order valence-corrected chi connectivity index (χ0v) is 20.5. The number of benzene rings is 2. The van der Waals surface area contributed by atoms with Gasteiger partial charge in [-0.1, -0.05) is 24.3 Å². The summed E-state index contributed by atoms with van der Waals surface area (Å²) in [6, 6.07) is 14.0. The molecule has 34 heavy (non-hydrogen) atoms. The molecule has 0 saturated carbocycles. The molecule has 0 fully saturated rings. The fourth-order valence-corrected chi connectivity index (χ4v) is 3.06. The van der Waals surface area contributed by atoms with Gasteiger partial charge in [0, 0.05) is 50.4 Å². The Kier molecular flexibility index (Phi) is 11.0. The second-order valence-electron chi connectivity index (χ2n) is 8.56.